The minimum Gasteiger partial charge on any atom is -0.486 e. The van der Waals surface area contributed by atoms with Gasteiger partial charge >= 0.3 is 0 Å². The van der Waals surface area contributed by atoms with E-state index in [-0.39, 0.29) is 5.91 Å². The molecule has 0 aliphatic heterocycles. The molecule has 3 aromatic rings. The molecular weight excluding hydrogens is 398 g/mol. The van der Waals surface area contributed by atoms with E-state index < -0.39 is 0 Å². The molecule has 0 spiro atoms. The summed E-state index contributed by atoms with van der Waals surface area (Å²) in [6, 6.07) is 15.7. The monoisotopic (exact) mass is 427 g/mol. The van der Waals surface area contributed by atoms with Crippen LogP contribution in [-0.2, 0) is 13.2 Å². The Balaban J connectivity index is 2.15. The van der Waals surface area contributed by atoms with E-state index in [4.69, 9.17) is 16.3 Å². The second-order valence-electron chi connectivity index (χ2n) is 7.55. The van der Waals surface area contributed by atoms with E-state index in [1.54, 1.807) is 0 Å². The molecule has 0 saturated carbocycles. The zero-order valence-corrected chi connectivity index (χ0v) is 18.9. The third-order valence-corrected chi connectivity index (χ3v) is 5.46. The van der Waals surface area contributed by atoms with Gasteiger partial charge in [-0.1, -0.05) is 41.9 Å². The highest BCUT2D eigenvalue weighted by molar-refractivity contribution is 6.31. The van der Waals surface area contributed by atoms with Gasteiger partial charge in [-0.05, 0) is 51.7 Å². The van der Waals surface area contributed by atoms with E-state index in [9.17, 15) is 4.79 Å². The molecule has 0 aliphatic carbocycles. The minimum atomic E-state index is -0.0193. The number of nitrogens with zero attached hydrogens (tertiary/aromatic N) is 3. The highest BCUT2D eigenvalue weighted by atomic mass is 35.5. The van der Waals surface area contributed by atoms with Crippen LogP contribution in [0.4, 0.5) is 0 Å². The van der Waals surface area contributed by atoms with Crippen LogP contribution in [0.1, 0.15) is 29.9 Å². The van der Waals surface area contributed by atoms with Crippen LogP contribution in [0.2, 0.25) is 5.02 Å². The molecule has 1 aromatic heterocycles. The molecule has 0 saturated heterocycles. The number of amides is 1. The lowest BCUT2D eigenvalue weighted by Gasteiger charge is -2.21. The van der Waals surface area contributed by atoms with Crippen molar-refractivity contribution in [2.45, 2.75) is 27.0 Å². The van der Waals surface area contributed by atoms with Gasteiger partial charge in [0.15, 0.2) is 11.4 Å². The summed E-state index contributed by atoms with van der Waals surface area (Å²) in [6.07, 6.45) is 0. The summed E-state index contributed by atoms with van der Waals surface area (Å²) in [5.41, 5.74) is 2.60. The number of halogens is 1. The van der Waals surface area contributed by atoms with E-state index in [0.717, 1.165) is 23.0 Å². The number of aromatic nitrogens is 1. The molecule has 0 N–H and O–H groups in total. The van der Waals surface area contributed by atoms with Crippen molar-refractivity contribution in [2.24, 2.45) is 0 Å². The van der Waals surface area contributed by atoms with E-state index in [1.165, 1.54) is 0 Å². The summed E-state index contributed by atoms with van der Waals surface area (Å²) in [7, 11) is 4.06. The Morgan fingerprint density at radius 1 is 1.07 bits per heavy atom. The normalized spacial score (nSPS) is 11.3. The summed E-state index contributed by atoms with van der Waals surface area (Å²) in [5, 5.41) is 1.49. The van der Waals surface area contributed by atoms with Crippen molar-refractivity contribution in [1.82, 2.24) is 14.4 Å². The lowest BCUT2D eigenvalue weighted by Crippen LogP contribution is -2.33. The predicted molar refractivity (Wildman–Crippen MR) is 124 cm³/mol. The number of ether oxygens (including phenoxy) is 1. The van der Waals surface area contributed by atoms with Crippen LogP contribution in [0.5, 0.6) is 5.75 Å². The quantitative estimate of drug-likeness (QED) is 0.486. The Hall–Kier alpha value is -2.50. The number of fused-ring (bicyclic) bond motifs is 1. The van der Waals surface area contributed by atoms with Gasteiger partial charge in [0, 0.05) is 36.6 Å². The summed E-state index contributed by atoms with van der Waals surface area (Å²) in [5.74, 6) is 0.584. The van der Waals surface area contributed by atoms with E-state index in [1.807, 2.05) is 81.4 Å². The Morgan fingerprint density at radius 3 is 2.40 bits per heavy atom. The zero-order valence-electron chi connectivity index (χ0n) is 18.2. The average molecular weight is 428 g/mol. The first-order valence-corrected chi connectivity index (χ1v) is 10.8. The van der Waals surface area contributed by atoms with Crippen molar-refractivity contribution in [1.29, 1.82) is 0 Å². The number of carbonyl (C=O) groups is 1. The fraction of sp³-hybridized carbons (Fsp3) is 0.375. The lowest BCUT2D eigenvalue weighted by atomic mass is 10.2. The highest BCUT2D eigenvalue weighted by Gasteiger charge is 2.27. The molecule has 160 valence electrons. The van der Waals surface area contributed by atoms with Gasteiger partial charge in [-0.25, -0.2) is 0 Å². The Labute approximate surface area is 183 Å². The summed E-state index contributed by atoms with van der Waals surface area (Å²) < 4.78 is 8.37. The Morgan fingerprint density at radius 2 is 1.77 bits per heavy atom. The van der Waals surface area contributed by atoms with Crippen LogP contribution in [-0.4, -0.2) is 54.0 Å². The van der Waals surface area contributed by atoms with Gasteiger partial charge < -0.3 is 19.1 Å². The second-order valence-corrected chi connectivity index (χ2v) is 7.98. The maximum atomic E-state index is 13.5. The Kier molecular flexibility index (Phi) is 7.40. The topological polar surface area (TPSA) is 37.7 Å². The third kappa shape index (κ3) is 4.79. The molecule has 3 rings (SSSR count). The van der Waals surface area contributed by atoms with Gasteiger partial charge in [0.25, 0.3) is 5.91 Å². The van der Waals surface area contributed by atoms with Crippen molar-refractivity contribution < 1.29 is 9.53 Å². The number of rotatable bonds is 9. The van der Waals surface area contributed by atoms with E-state index in [2.05, 4.69) is 9.47 Å². The molecule has 0 bridgehead atoms. The third-order valence-electron chi connectivity index (χ3n) is 5.23. The fourth-order valence-electron chi connectivity index (χ4n) is 3.58. The molecular formula is C24H30ClN3O2. The smallest absolute Gasteiger partial charge is 0.274 e. The number of carbonyl (C=O) groups excluding carboxylic acids is 1. The summed E-state index contributed by atoms with van der Waals surface area (Å²) >= 11 is 6.33. The first-order chi connectivity index (χ1) is 14.5. The molecule has 1 heterocycles. The van der Waals surface area contributed by atoms with Crippen LogP contribution in [0, 0.1) is 0 Å². The van der Waals surface area contributed by atoms with Gasteiger partial charge in [-0.3, -0.25) is 4.79 Å². The first kappa shape index (κ1) is 22.2. The molecule has 0 fully saturated rings. The Bertz CT molecular complexity index is 995. The zero-order chi connectivity index (χ0) is 21.7. The number of hydrogen-bond acceptors (Lipinski definition) is 3. The van der Waals surface area contributed by atoms with Crippen molar-refractivity contribution in [2.75, 3.05) is 33.7 Å². The molecule has 0 aliphatic rings. The van der Waals surface area contributed by atoms with Crippen LogP contribution >= 0.6 is 11.6 Å². The summed E-state index contributed by atoms with van der Waals surface area (Å²) in [6.45, 7) is 7.15. The van der Waals surface area contributed by atoms with Crippen molar-refractivity contribution in [3.05, 3.63) is 64.8 Å². The predicted octanol–water partition coefficient (Wildman–Crippen LogP) is 4.92. The SMILES string of the molecule is CCN(CC)C(=O)c1c(OCc2ccccc2)c2cc(Cl)ccc2n1CCN(C)C. The van der Waals surface area contributed by atoms with Gasteiger partial charge in [-0.2, -0.15) is 0 Å². The second kappa shape index (κ2) is 10.0. The fourth-order valence-corrected chi connectivity index (χ4v) is 3.75. The van der Waals surface area contributed by atoms with Crippen LogP contribution < -0.4 is 4.74 Å². The molecule has 2 aromatic carbocycles. The molecule has 30 heavy (non-hydrogen) atoms. The largest absolute Gasteiger partial charge is 0.486 e. The van der Waals surface area contributed by atoms with Gasteiger partial charge in [0.2, 0.25) is 0 Å². The van der Waals surface area contributed by atoms with Crippen molar-refractivity contribution >= 4 is 28.4 Å². The maximum Gasteiger partial charge on any atom is 0.274 e. The van der Waals surface area contributed by atoms with Gasteiger partial charge in [0.1, 0.15) is 6.61 Å². The van der Waals surface area contributed by atoms with Crippen LogP contribution in [0.25, 0.3) is 10.9 Å². The van der Waals surface area contributed by atoms with Gasteiger partial charge in [0.05, 0.1) is 5.52 Å². The molecule has 0 unspecified atom stereocenters. The molecule has 0 atom stereocenters. The standard InChI is InChI=1S/C24H30ClN3O2/c1-5-27(6-2)24(29)22-23(30-17-18-10-8-7-9-11-18)20-16-19(25)12-13-21(20)28(22)15-14-26(3)4/h7-13,16H,5-6,14-15,17H2,1-4H3. The maximum absolute atomic E-state index is 13.5. The lowest BCUT2D eigenvalue weighted by molar-refractivity contribution is 0.0756. The van der Waals surface area contributed by atoms with E-state index in [0.29, 0.717) is 42.7 Å². The molecule has 5 nitrogen and oxygen atoms in total. The molecule has 0 radical (unpaired) electrons. The van der Waals surface area contributed by atoms with Crippen molar-refractivity contribution in [3.8, 4) is 5.75 Å². The van der Waals surface area contributed by atoms with Crippen LogP contribution in [0.3, 0.4) is 0 Å². The molecule has 1 amide bonds. The van der Waals surface area contributed by atoms with E-state index >= 15 is 0 Å². The molecule has 6 heteroatoms. The number of benzene rings is 2. The van der Waals surface area contributed by atoms with Crippen LogP contribution in [0.15, 0.2) is 48.5 Å². The van der Waals surface area contributed by atoms with Crippen molar-refractivity contribution in [3.63, 3.8) is 0 Å². The summed E-state index contributed by atoms with van der Waals surface area (Å²) in [4.78, 5) is 17.5. The average Bonchev–Trinajstić information content (AvgIpc) is 3.04. The number of hydrogen-bond donors (Lipinski definition) is 0. The first-order valence-electron chi connectivity index (χ1n) is 10.4. The number of likely N-dealkylation sites (N-methyl/N-ethyl adjacent to an activating group) is 1. The minimum absolute atomic E-state index is 0.0193. The highest BCUT2D eigenvalue weighted by Crippen LogP contribution is 2.36. The van der Waals surface area contributed by atoms with Gasteiger partial charge in [-0.15, -0.1) is 0 Å².